The third kappa shape index (κ3) is 2.58. The molecule has 19 heavy (non-hydrogen) atoms. The average molecular weight is 263 g/mol. The second kappa shape index (κ2) is 5.36. The lowest BCUT2D eigenvalue weighted by Gasteiger charge is -2.16. The van der Waals surface area contributed by atoms with Crippen LogP contribution in [0.1, 0.15) is 22.7 Å². The van der Waals surface area contributed by atoms with Gasteiger partial charge in [-0.3, -0.25) is 0 Å². The van der Waals surface area contributed by atoms with Crippen LogP contribution in [0.4, 0.5) is 8.78 Å². The fourth-order valence-electron chi connectivity index (χ4n) is 1.97. The molecule has 0 radical (unpaired) electrons. The topological polar surface area (TPSA) is 35.2 Å². The highest BCUT2D eigenvalue weighted by Crippen LogP contribution is 2.28. The van der Waals surface area contributed by atoms with Crippen LogP contribution in [0.25, 0.3) is 0 Å². The molecule has 2 aromatic rings. The van der Waals surface area contributed by atoms with Crippen molar-refractivity contribution in [2.75, 3.05) is 7.11 Å². The summed E-state index contributed by atoms with van der Waals surface area (Å²) in [6.45, 7) is 1.58. The second-order valence-electron chi connectivity index (χ2n) is 4.35. The normalized spacial score (nSPS) is 12.3. The molecule has 0 aliphatic rings. The van der Waals surface area contributed by atoms with E-state index in [4.69, 9.17) is 10.5 Å². The molecular weight excluding hydrogens is 248 g/mol. The van der Waals surface area contributed by atoms with Crippen LogP contribution in [0.3, 0.4) is 0 Å². The fourth-order valence-corrected chi connectivity index (χ4v) is 1.97. The van der Waals surface area contributed by atoms with Crippen LogP contribution in [-0.2, 0) is 0 Å². The Kier molecular flexibility index (Phi) is 3.81. The van der Waals surface area contributed by atoms with Crippen molar-refractivity contribution >= 4 is 0 Å². The van der Waals surface area contributed by atoms with E-state index in [1.807, 2.05) is 0 Å². The Balaban J connectivity index is 2.49. The highest BCUT2D eigenvalue weighted by molar-refractivity contribution is 5.39. The van der Waals surface area contributed by atoms with Crippen LogP contribution < -0.4 is 10.5 Å². The van der Waals surface area contributed by atoms with Gasteiger partial charge >= 0.3 is 0 Å². The van der Waals surface area contributed by atoms with Crippen LogP contribution >= 0.6 is 0 Å². The highest BCUT2D eigenvalue weighted by Gasteiger charge is 2.20. The number of rotatable bonds is 3. The third-order valence-electron chi connectivity index (χ3n) is 3.08. The summed E-state index contributed by atoms with van der Waals surface area (Å²) in [4.78, 5) is 0. The highest BCUT2D eigenvalue weighted by atomic mass is 19.1. The summed E-state index contributed by atoms with van der Waals surface area (Å²) in [7, 11) is 1.53. The lowest BCUT2D eigenvalue weighted by Crippen LogP contribution is -2.16. The molecule has 100 valence electrons. The Morgan fingerprint density at radius 2 is 1.89 bits per heavy atom. The molecule has 0 bridgehead atoms. The predicted octanol–water partition coefficient (Wildman–Crippen LogP) is 3.33. The first kappa shape index (κ1) is 13.5. The standard InChI is InChI=1S/C15H15F2NO/c1-9-6-7-12(16)13(14(9)17)15(18)10-4-3-5-11(8-10)19-2/h3-8,15H,18H2,1-2H3. The summed E-state index contributed by atoms with van der Waals surface area (Å²) in [5.74, 6) is -0.643. The minimum absolute atomic E-state index is 0.117. The quantitative estimate of drug-likeness (QED) is 0.921. The zero-order chi connectivity index (χ0) is 14.0. The number of benzene rings is 2. The number of hydrogen-bond acceptors (Lipinski definition) is 2. The van der Waals surface area contributed by atoms with E-state index < -0.39 is 17.7 Å². The molecule has 0 amide bonds. The Labute approximate surface area is 110 Å². The van der Waals surface area contributed by atoms with Crippen LogP contribution in [0.2, 0.25) is 0 Å². The van der Waals surface area contributed by atoms with Gasteiger partial charge in [0.05, 0.1) is 13.2 Å². The number of nitrogens with two attached hydrogens (primary N) is 1. The Bertz CT molecular complexity index is 599. The number of ether oxygens (including phenoxy) is 1. The maximum Gasteiger partial charge on any atom is 0.134 e. The molecule has 0 aliphatic heterocycles. The van der Waals surface area contributed by atoms with Gasteiger partial charge in [-0.05, 0) is 36.2 Å². The molecule has 2 nitrogen and oxygen atoms in total. The van der Waals surface area contributed by atoms with E-state index in [9.17, 15) is 8.78 Å². The van der Waals surface area contributed by atoms with Crippen LogP contribution in [0, 0.1) is 18.6 Å². The van der Waals surface area contributed by atoms with E-state index in [0.717, 1.165) is 0 Å². The molecule has 0 aliphatic carbocycles. The average Bonchev–Trinajstić information content (AvgIpc) is 2.43. The summed E-state index contributed by atoms with van der Waals surface area (Å²) in [6.07, 6.45) is 0. The van der Waals surface area contributed by atoms with Gasteiger partial charge in [-0.15, -0.1) is 0 Å². The van der Waals surface area contributed by atoms with Gasteiger partial charge in [0.15, 0.2) is 0 Å². The van der Waals surface area contributed by atoms with E-state index in [2.05, 4.69) is 0 Å². The van der Waals surface area contributed by atoms with Crippen molar-refractivity contribution < 1.29 is 13.5 Å². The maximum absolute atomic E-state index is 14.0. The molecule has 1 atom stereocenters. The molecule has 0 spiro atoms. The third-order valence-corrected chi connectivity index (χ3v) is 3.08. The molecule has 1 unspecified atom stereocenters. The van der Waals surface area contributed by atoms with E-state index in [0.29, 0.717) is 16.9 Å². The second-order valence-corrected chi connectivity index (χ2v) is 4.35. The first-order valence-corrected chi connectivity index (χ1v) is 5.88. The number of methoxy groups -OCH3 is 1. The van der Waals surface area contributed by atoms with Crippen molar-refractivity contribution in [3.63, 3.8) is 0 Å². The number of aryl methyl sites for hydroxylation is 1. The largest absolute Gasteiger partial charge is 0.497 e. The van der Waals surface area contributed by atoms with Gasteiger partial charge in [0.25, 0.3) is 0 Å². The Morgan fingerprint density at radius 1 is 1.16 bits per heavy atom. The van der Waals surface area contributed by atoms with Crippen LogP contribution in [0.5, 0.6) is 5.75 Å². The maximum atomic E-state index is 14.0. The van der Waals surface area contributed by atoms with Crippen molar-refractivity contribution in [2.45, 2.75) is 13.0 Å². The SMILES string of the molecule is COc1cccc(C(N)c2c(F)ccc(C)c2F)c1. The molecule has 2 aromatic carbocycles. The Hall–Kier alpha value is -1.94. The lowest BCUT2D eigenvalue weighted by atomic mass is 9.96. The zero-order valence-corrected chi connectivity index (χ0v) is 10.8. The van der Waals surface area contributed by atoms with Gasteiger partial charge in [0, 0.05) is 5.56 Å². The first-order valence-electron chi connectivity index (χ1n) is 5.88. The zero-order valence-electron chi connectivity index (χ0n) is 10.8. The van der Waals surface area contributed by atoms with Crippen molar-refractivity contribution in [1.29, 1.82) is 0 Å². The number of hydrogen-bond donors (Lipinski definition) is 1. The molecule has 0 saturated heterocycles. The minimum Gasteiger partial charge on any atom is -0.497 e. The molecular formula is C15H15F2NO. The molecule has 2 rings (SSSR count). The van der Waals surface area contributed by atoms with Gasteiger partial charge in [-0.1, -0.05) is 18.2 Å². The smallest absolute Gasteiger partial charge is 0.134 e. The Morgan fingerprint density at radius 3 is 2.58 bits per heavy atom. The number of halogens is 2. The predicted molar refractivity (Wildman–Crippen MR) is 70.1 cm³/mol. The fraction of sp³-hybridized carbons (Fsp3) is 0.200. The van der Waals surface area contributed by atoms with Crippen LogP contribution in [0.15, 0.2) is 36.4 Å². The molecule has 2 N–H and O–H groups in total. The minimum atomic E-state index is -0.866. The van der Waals surface area contributed by atoms with Gasteiger partial charge in [-0.2, -0.15) is 0 Å². The summed E-state index contributed by atoms with van der Waals surface area (Å²) in [5.41, 5.74) is 6.83. The van der Waals surface area contributed by atoms with E-state index >= 15 is 0 Å². The van der Waals surface area contributed by atoms with Gasteiger partial charge in [0.2, 0.25) is 0 Å². The summed E-state index contributed by atoms with van der Waals surface area (Å²) in [6, 6.07) is 8.63. The van der Waals surface area contributed by atoms with E-state index in [-0.39, 0.29) is 5.56 Å². The van der Waals surface area contributed by atoms with E-state index in [1.54, 1.807) is 31.2 Å². The van der Waals surface area contributed by atoms with Gasteiger partial charge in [-0.25, -0.2) is 8.78 Å². The monoisotopic (exact) mass is 263 g/mol. The van der Waals surface area contributed by atoms with Crippen molar-refractivity contribution in [1.82, 2.24) is 0 Å². The van der Waals surface area contributed by atoms with Crippen molar-refractivity contribution in [3.8, 4) is 5.75 Å². The van der Waals surface area contributed by atoms with Crippen molar-refractivity contribution in [2.24, 2.45) is 5.73 Å². The molecule has 0 heterocycles. The van der Waals surface area contributed by atoms with E-state index in [1.165, 1.54) is 19.2 Å². The molecule has 0 fully saturated rings. The van der Waals surface area contributed by atoms with Gasteiger partial charge in [0.1, 0.15) is 17.4 Å². The summed E-state index contributed by atoms with van der Waals surface area (Å²) < 4.78 is 32.9. The lowest BCUT2D eigenvalue weighted by molar-refractivity contribution is 0.414. The van der Waals surface area contributed by atoms with Gasteiger partial charge < -0.3 is 10.5 Å². The van der Waals surface area contributed by atoms with Crippen LogP contribution in [-0.4, -0.2) is 7.11 Å². The molecule has 4 heteroatoms. The first-order chi connectivity index (χ1) is 9.04. The molecule has 0 saturated carbocycles. The summed E-state index contributed by atoms with van der Waals surface area (Å²) in [5, 5.41) is 0. The molecule has 0 aromatic heterocycles. The van der Waals surface area contributed by atoms with Crippen molar-refractivity contribution in [3.05, 3.63) is 64.7 Å². The summed E-state index contributed by atoms with van der Waals surface area (Å²) >= 11 is 0.